The average Bonchev–Trinajstić information content (AvgIpc) is 2.77. The molecule has 1 N–H and O–H groups in total. The molecular weight excluding hydrogens is 299 g/mol. The number of hydrogen-bond donors (Lipinski definition) is 1. The third-order valence-corrected chi connectivity index (χ3v) is 5.67. The third-order valence-electron chi connectivity index (χ3n) is 4.29. The van der Waals surface area contributed by atoms with Gasteiger partial charge in [0.15, 0.2) is 0 Å². The van der Waals surface area contributed by atoms with E-state index in [9.17, 15) is 0 Å². The standard InChI is InChI=1S/C12H24IN2/c1-10(2)15-8-7-12(9-15)6-4-5-11(12)14-13-3/h10-11,14H,4-9H2,1-3H3/q-1. The molecule has 1 saturated heterocycles. The van der Waals surface area contributed by atoms with Crippen LogP contribution in [0.1, 0.15) is 39.5 Å². The number of nitrogens with one attached hydrogen (secondary N) is 1. The molecule has 2 nitrogen and oxygen atoms in total. The molecule has 1 saturated carbocycles. The topological polar surface area (TPSA) is 15.3 Å². The van der Waals surface area contributed by atoms with Gasteiger partial charge in [-0.05, 0) is 0 Å². The molecule has 0 amide bonds. The minimum absolute atomic E-state index is 0.252. The van der Waals surface area contributed by atoms with Gasteiger partial charge in [0.05, 0.1) is 0 Å². The first-order valence-electron chi connectivity index (χ1n) is 6.16. The molecule has 2 atom stereocenters. The molecule has 1 aliphatic carbocycles. The molecule has 1 spiro atoms. The van der Waals surface area contributed by atoms with Crippen molar-refractivity contribution in [1.29, 1.82) is 0 Å². The van der Waals surface area contributed by atoms with Crippen molar-refractivity contribution < 1.29 is 21.5 Å². The second-order valence-electron chi connectivity index (χ2n) is 5.42. The molecule has 0 aromatic rings. The number of hydrogen-bond acceptors (Lipinski definition) is 2. The van der Waals surface area contributed by atoms with Gasteiger partial charge in [0.25, 0.3) is 0 Å². The Kier molecular flexibility index (Phi) is 3.94. The Morgan fingerprint density at radius 3 is 2.80 bits per heavy atom. The van der Waals surface area contributed by atoms with Crippen LogP contribution in [0.5, 0.6) is 0 Å². The summed E-state index contributed by atoms with van der Waals surface area (Å²) >= 11 is 0.252. The van der Waals surface area contributed by atoms with Gasteiger partial charge >= 0.3 is 105 Å². The quantitative estimate of drug-likeness (QED) is 0.401. The molecule has 1 aliphatic heterocycles. The van der Waals surface area contributed by atoms with Crippen LogP contribution in [0, 0.1) is 5.41 Å². The molecule has 2 unspecified atom stereocenters. The van der Waals surface area contributed by atoms with Crippen LogP contribution in [0.2, 0.25) is 0 Å². The summed E-state index contributed by atoms with van der Waals surface area (Å²) in [5.74, 6) is 0. The van der Waals surface area contributed by atoms with Crippen LogP contribution in [0.25, 0.3) is 0 Å². The van der Waals surface area contributed by atoms with Gasteiger partial charge < -0.3 is 0 Å². The fourth-order valence-corrected chi connectivity index (χ4v) is 5.02. The average molecular weight is 323 g/mol. The summed E-state index contributed by atoms with van der Waals surface area (Å²) in [4.78, 5) is 5.02. The van der Waals surface area contributed by atoms with Crippen molar-refractivity contribution in [3.63, 3.8) is 0 Å². The van der Waals surface area contributed by atoms with Crippen LogP contribution in [0.4, 0.5) is 0 Å². The predicted molar refractivity (Wildman–Crippen MR) is 60.5 cm³/mol. The molecule has 1 heterocycles. The van der Waals surface area contributed by atoms with E-state index in [1.165, 1.54) is 38.8 Å². The van der Waals surface area contributed by atoms with Crippen LogP contribution >= 0.6 is 0 Å². The summed E-state index contributed by atoms with van der Waals surface area (Å²) in [6, 6.07) is 1.58. The zero-order valence-electron chi connectivity index (χ0n) is 10.2. The normalized spacial score (nSPS) is 37.5. The first-order chi connectivity index (χ1) is 7.18. The van der Waals surface area contributed by atoms with E-state index >= 15 is 0 Å². The molecule has 0 radical (unpaired) electrons. The summed E-state index contributed by atoms with van der Waals surface area (Å²) < 4.78 is 3.82. The van der Waals surface area contributed by atoms with Crippen molar-refractivity contribution in [3.05, 3.63) is 0 Å². The van der Waals surface area contributed by atoms with Crippen molar-refractivity contribution in [3.8, 4) is 0 Å². The van der Waals surface area contributed by atoms with Crippen molar-refractivity contribution >= 4 is 0 Å². The Morgan fingerprint density at radius 1 is 1.40 bits per heavy atom. The minimum atomic E-state index is 0.252. The fraction of sp³-hybridized carbons (Fsp3) is 1.00. The zero-order chi connectivity index (χ0) is 10.9. The van der Waals surface area contributed by atoms with E-state index in [0.29, 0.717) is 5.41 Å². The molecule has 15 heavy (non-hydrogen) atoms. The number of halogens is 1. The van der Waals surface area contributed by atoms with Gasteiger partial charge in [-0.15, -0.1) is 0 Å². The van der Waals surface area contributed by atoms with E-state index in [1.54, 1.807) is 0 Å². The Morgan fingerprint density at radius 2 is 2.20 bits per heavy atom. The van der Waals surface area contributed by atoms with Gasteiger partial charge in [-0.25, -0.2) is 0 Å². The Hall–Kier alpha value is 0.650. The number of likely N-dealkylation sites (tertiary alicyclic amines) is 1. The van der Waals surface area contributed by atoms with Gasteiger partial charge in [-0.3, -0.25) is 0 Å². The maximum atomic E-state index is 3.82. The summed E-state index contributed by atoms with van der Waals surface area (Å²) in [5.41, 5.74) is 0.653. The van der Waals surface area contributed by atoms with Gasteiger partial charge in [0, 0.05) is 0 Å². The molecule has 3 heteroatoms. The predicted octanol–water partition coefficient (Wildman–Crippen LogP) is -1.14. The Balaban J connectivity index is 2.01. The molecule has 90 valence electrons. The molecule has 0 aromatic carbocycles. The Labute approximate surface area is 105 Å². The van der Waals surface area contributed by atoms with E-state index in [4.69, 9.17) is 0 Å². The van der Waals surface area contributed by atoms with Gasteiger partial charge in [0.2, 0.25) is 0 Å². The van der Waals surface area contributed by atoms with Gasteiger partial charge in [-0.2, -0.15) is 0 Å². The third kappa shape index (κ3) is 2.34. The van der Waals surface area contributed by atoms with E-state index in [0.717, 1.165) is 12.1 Å². The Bertz CT molecular complexity index is 220. The van der Waals surface area contributed by atoms with Gasteiger partial charge in [0.1, 0.15) is 0 Å². The van der Waals surface area contributed by atoms with Crippen LogP contribution in [0.15, 0.2) is 0 Å². The molecule has 2 rings (SSSR count). The first-order valence-corrected chi connectivity index (χ1v) is 9.39. The van der Waals surface area contributed by atoms with Crippen LogP contribution in [-0.2, 0) is 0 Å². The van der Waals surface area contributed by atoms with Crippen LogP contribution in [0.3, 0.4) is 0 Å². The maximum absolute atomic E-state index is 3.82. The number of nitrogens with zero attached hydrogens (tertiary/aromatic N) is 1. The van der Waals surface area contributed by atoms with Crippen LogP contribution < -0.4 is 25.0 Å². The molecule has 0 aromatic heterocycles. The fourth-order valence-electron chi connectivity index (χ4n) is 3.30. The van der Waals surface area contributed by atoms with Crippen LogP contribution in [-0.4, -0.2) is 35.0 Å². The summed E-state index contributed by atoms with van der Waals surface area (Å²) in [6.45, 7) is 7.36. The molecular formula is C12H24IN2-. The molecule has 2 fully saturated rings. The number of alkyl halides is 1. The van der Waals surface area contributed by atoms with E-state index in [1.807, 2.05) is 0 Å². The van der Waals surface area contributed by atoms with E-state index < -0.39 is 0 Å². The van der Waals surface area contributed by atoms with Crippen molar-refractivity contribution in [2.24, 2.45) is 5.41 Å². The monoisotopic (exact) mass is 323 g/mol. The molecule has 2 aliphatic rings. The van der Waals surface area contributed by atoms with Crippen molar-refractivity contribution in [2.45, 2.75) is 51.6 Å². The summed E-state index contributed by atoms with van der Waals surface area (Å²) in [6.07, 6.45) is 5.79. The van der Waals surface area contributed by atoms with E-state index in [2.05, 4.69) is 27.2 Å². The second kappa shape index (κ2) is 4.88. The second-order valence-corrected chi connectivity index (χ2v) is 7.12. The SMILES string of the molecule is C[I-]NC1CCCC12CCN(C(C)C)C2. The summed E-state index contributed by atoms with van der Waals surface area (Å²) in [7, 11) is 0. The van der Waals surface area contributed by atoms with Gasteiger partial charge in [-0.1, -0.05) is 0 Å². The summed E-state index contributed by atoms with van der Waals surface area (Å²) in [5, 5.41) is 0. The van der Waals surface area contributed by atoms with Crippen molar-refractivity contribution in [1.82, 2.24) is 8.43 Å². The van der Waals surface area contributed by atoms with Crippen molar-refractivity contribution in [2.75, 3.05) is 18.0 Å². The van der Waals surface area contributed by atoms with E-state index in [-0.39, 0.29) is 21.5 Å². The number of rotatable bonds is 3. The first kappa shape index (κ1) is 12.1. The zero-order valence-corrected chi connectivity index (χ0v) is 12.4. The molecule has 0 bridgehead atoms.